The third-order valence-corrected chi connectivity index (χ3v) is 4.54. The highest BCUT2D eigenvalue weighted by molar-refractivity contribution is 5.96. The lowest BCUT2D eigenvalue weighted by Gasteiger charge is -2.09. The normalized spacial score (nSPS) is 10.6. The quantitative estimate of drug-likeness (QED) is 0.279. The second-order valence-electron chi connectivity index (χ2n) is 6.35. The number of allylic oxidation sites excluding steroid dienone is 1. The summed E-state index contributed by atoms with van der Waals surface area (Å²) in [5, 5.41) is 1.06. The number of benzene rings is 3. The number of halogens is 1. The van der Waals surface area contributed by atoms with Gasteiger partial charge in [0.05, 0.1) is 12.1 Å². The summed E-state index contributed by atoms with van der Waals surface area (Å²) < 4.78 is 20.8. The maximum absolute atomic E-state index is 13.0. The summed E-state index contributed by atoms with van der Waals surface area (Å²) in [7, 11) is 0. The molecule has 4 aromatic rings. The topological polar surface area (TPSA) is 18.5 Å². The highest BCUT2D eigenvalue weighted by atomic mass is 19.1. The average Bonchev–Trinajstić information content (AvgIpc) is 3.09. The van der Waals surface area contributed by atoms with E-state index in [-0.39, 0.29) is 5.82 Å². The molecule has 4 rings (SSSR count). The van der Waals surface area contributed by atoms with Gasteiger partial charge in [-0.05, 0) is 65.9 Å². The van der Waals surface area contributed by atoms with Crippen LogP contribution >= 0.6 is 0 Å². The summed E-state index contributed by atoms with van der Waals surface area (Å²) in [4.78, 5) is 3.69. The van der Waals surface area contributed by atoms with Gasteiger partial charge in [-0.2, -0.15) is 0 Å². The number of nitrogens with zero attached hydrogens (tertiary/aromatic N) is 2. The van der Waals surface area contributed by atoms with Gasteiger partial charge in [0.15, 0.2) is 0 Å². The molecule has 0 saturated heterocycles. The van der Waals surface area contributed by atoms with Crippen LogP contribution < -0.4 is 4.74 Å². The lowest BCUT2D eigenvalue weighted by atomic mass is 10.1. The Morgan fingerprint density at radius 3 is 2.32 bits per heavy atom. The van der Waals surface area contributed by atoms with Crippen LogP contribution in [-0.4, -0.2) is 4.57 Å². The minimum atomic E-state index is -0.298. The Labute approximate surface area is 162 Å². The van der Waals surface area contributed by atoms with Crippen LogP contribution in [0.3, 0.4) is 0 Å². The van der Waals surface area contributed by atoms with Gasteiger partial charge in [-0.15, -0.1) is 6.58 Å². The highest BCUT2D eigenvalue weighted by Gasteiger charge is 2.13. The fraction of sp³-hybridized carbons (Fsp3) is 0.0417. The highest BCUT2D eigenvalue weighted by Crippen LogP contribution is 2.33. The molecule has 136 valence electrons. The minimum Gasteiger partial charge on any atom is -0.457 e. The molecule has 3 aromatic carbocycles. The Hall–Kier alpha value is -3.84. The molecule has 0 atom stereocenters. The molecule has 0 N–H and O–H groups in total. The van der Waals surface area contributed by atoms with E-state index in [0.717, 1.165) is 28.6 Å². The predicted molar refractivity (Wildman–Crippen MR) is 110 cm³/mol. The molecular formula is C24H17FN2O. The Morgan fingerprint density at radius 2 is 1.68 bits per heavy atom. The van der Waals surface area contributed by atoms with Gasteiger partial charge in [0, 0.05) is 11.9 Å². The van der Waals surface area contributed by atoms with E-state index >= 15 is 0 Å². The van der Waals surface area contributed by atoms with Gasteiger partial charge in [-0.25, -0.2) is 9.24 Å². The zero-order valence-electron chi connectivity index (χ0n) is 15.1. The molecule has 0 spiro atoms. The summed E-state index contributed by atoms with van der Waals surface area (Å²) in [6.07, 6.45) is 4.65. The van der Waals surface area contributed by atoms with Crippen molar-refractivity contribution in [3.05, 3.63) is 108 Å². The molecule has 1 aromatic heterocycles. The van der Waals surface area contributed by atoms with Crippen LogP contribution in [0.25, 0.3) is 21.4 Å². The van der Waals surface area contributed by atoms with Crippen molar-refractivity contribution in [1.29, 1.82) is 0 Å². The average molecular weight is 368 g/mol. The van der Waals surface area contributed by atoms with Gasteiger partial charge in [0.25, 0.3) is 0 Å². The Morgan fingerprint density at radius 1 is 1.00 bits per heavy atom. The first-order valence-corrected chi connectivity index (χ1v) is 8.85. The van der Waals surface area contributed by atoms with E-state index in [0.29, 0.717) is 17.2 Å². The molecule has 0 amide bonds. The maximum Gasteiger partial charge on any atom is 0.211 e. The number of hydrogen-bond acceptors (Lipinski definition) is 1. The van der Waals surface area contributed by atoms with Crippen LogP contribution in [0, 0.1) is 12.4 Å². The summed E-state index contributed by atoms with van der Waals surface area (Å²) in [6, 6.07) is 19.3. The summed E-state index contributed by atoms with van der Waals surface area (Å²) in [5.74, 6) is 0.931. The molecule has 0 unspecified atom stereocenters. The summed E-state index contributed by atoms with van der Waals surface area (Å²) in [6.45, 7) is 11.3. The molecule has 0 aliphatic heterocycles. The van der Waals surface area contributed by atoms with Crippen molar-refractivity contribution < 1.29 is 9.13 Å². The van der Waals surface area contributed by atoms with Gasteiger partial charge in [0.2, 0.25) is 5.69 Å². The number of aromatic nitrogens is 1. The molecule has 1 heterocycles. The van der Waals surface area contributed by atoms with Crippen molar-refractivity contribution in [3.8, 4) is 17.2 Å². The molecule has 3 nitrogen and oxygen atoms in total. The lowest BCUT2D eigenvalue weighted by molar-refractivity contribution is 0.480. The Kier molecular flexibility index (Phi) is 4.65. The standard InChI is InChI=1S/C24H17FN2O/c1-3-5-17-16-27(24-22(17)6-4-7-23(24)26-2)19-10-14-21(15-11-19)28-20-12-8-18(25)9-13-20/h3-4,6-16H,1,5H2. The zero-order valence-corrected chi connectivity index (χ0v) is 15.1. The van der Waals surface area contributed by atoms with Crippen LogP contribution in [0.2, 0.25) is 0 Å². The van der Waals surface area contributed by atoms with E-state index in [1.807, 2.05) is 53.1 Å². The number of fused-ring (bicyclic) bond motifs is 1. The first-order chi connectivity index (χ1) is 13.7. The van der Waals surface area contributed by atoms with Crippen LogP contribution in [0.4, 0.5) is 10.1 Å². The van der Waals surface area contributed by atoms with Gasteiger partial charge in [-0.3, -0.25) is 0 Å². The van der Waals surface area contributed by atoms with Crippen molar-refractivity contribution in [2.75, 3.05) is 0 Å². The van der Waals surface area contributed by atoms with Gasteiger partial charge in [0.1, 0.15) is 17.3 Å². The van der Waals surface area contributed by atoms with Crippen molar-refractivity contribution in [1.82, 2.24) is 4.57 Å². The monoisotopic (exact) mass is 368 g/mol. The largest absolute Gasteiger partial charge is 0.457 e. The zero-order chi connectivity index (χ0) is 19.5. The smallest absolute Gasteiger partial charge is 0.211 e. The molecule has 0 saturated carbocycles. The third kappa shape index (κ3) is 3.26. The Bertz CT molecular complexity index is 1180. The molecular weight excluding hydrogens is 351 g/mol. The maximum atomic E-state index is 13.0. The van der Waals surface area contributed by atoms with E-state index in [2.05, 4.69) is 17.6 Å². The van der Waals surface area contributed by atoms with E-state index in [1.165, 1.54) is 12.1 Å². The van der Waals surface area contributed by atoms with Crippen molar-refractivity contribution >= 4 is 16.6 Å². The SMILES string of the molecule is [C-]#[N+]c1cccc2c(CC=C)cn(-c3ccc(Oc4ccc(F)cc4)cc3)c12. The van der Waals surface area contributed by atoms with E-state index < -0.39 is 0 Å². The molecule has 0 bridgehead atoms. The van der Waals surface area contributed by atoms with Crippen molar-refractivity contribution in [2.24, 2.45) is 0 Å². The van der Waals surface area contributed by atoms with Crippen LogP contribution in [-0.2, 0) is 6.42 Å². The van der Waals surface area contributed by atoms with Crippen LogP contribution in [0.1, 0.15) is 5.56 Å². The fourth-order valence-corrected chi connectivity index (χ4v) is 3.26. The predicted octanol–water partition coefficient (Wildman–Crippen LogP) is 6.84. The second kappa shape index (κ2) is 7.42. The fourth-order valence-electron chi connectivity index (χ4n) is 3.26. The van der Waals surface area contributed by atoms with Crippen LogP contribution in [0.5, 0.6) is 11.5 Å². The van der Waals surface area contributed by atoms with Crippen LogP contribution in [0.15, 0.2) is 85.6 Å². The third-order valence-electron chi connectivity index (χ3n) is 4.54. The number of hydrogen-bond donors (Lipinski definition) is 0. The van der Waals surface area contributed by atoms with E-state index in [1.54, 1.807) is 12.1 Å². The molecule has 28 heavy (non-hydrogen) atoms. The summed E-state index contributed by atoms with van der Waals surface area (Å²) >= 11 is 0. The minimum absolute atomic E-state index is 0.298. The number of para-hydroxylation sites is 1. The van der Waals surface area contributed by atoms with Crippen molar-refractivity contribution in [3.63, 3.8) is 0 Å². The molecule has 0 radical (unpaired) electrons. The Balaban J connectivity index is 1.73. The lowest BCUT2D eigenvalue weighted by Crippen LogP contribution is -1.92. The van der Waals surface area contributed by atoms with Crippen molar-refractivity contribution in [2.45, 2.75) is 6.42 Å². The van der Waals surface area contributed by atoms with E-state index in [9.17, 15) is 4.39 Å². The van der Waals surface area contributed by atoms with E-state index in [4.69, 9.17) is 11.3 Å². The molecule has 0 fully saturated rings. The second-order valence-corrected chi connectivity index (χ2v) is 6.35. The van der Waals surface area contributed by atoms with Gasteiger partial charge < -0.3 is 9.30 Å². The van der Waals surface area contributed by atoms with Gasteiger partial charge in [-0.1, -0.05) is 24.3 Å². The number of ether oxygens (including phenoxy) is 1. The molecule has 0 aliphatic rings. The molecule has 0 aliphatic carbocycles. The molecule has 4 heteroatoms. The summed E-state index contributed by atoms with van der Waals surface area (Å²) in [5.41, 5.74) is 3.56. The van der Waals surface area contributed by atoms with Gasteiger partial charge >= 0.3 is 0 Å². The first kappa shape index (κ1) is 17.6. The first-order valence-electron chi connectivity index (χ1n) is 8.85. The number of rotatable bonds is 5.